The molecule has 0 aromatic heterocycles. The molecule has 0 heterocycles. The summed E-state index contributed by atoms with van der Waals surface area (Å²) in [6, 6.07) is 5.47. The molecule has 0 atom stereocenters. The third kappa shape index (κ3) is 2.37. The van der Waals surface area contributed by atoms with Crippen molar-refractivity contribution in [3.8, 4) is 0 Å². The van der Waals surface area contributed by atoms with Gasteiger partial charge in [0.2, 0.25) is 0 Å². The molecule has 1 aromatic carbocycles. The molecule has 0 radical (unpaired) electrons. The minimum atomic E-state index is -0.651. The second-order valence-corrected chi connectivity index (χ2v) is 2.18. The first-order valence-corrected chi connectivity index (χ1v) is 3.13. The lowest BCUT2D eigenvalue weighted by Gasteiger charge is -1.94. The van der Waals surface area contributed by atoms with E-state index in [-0.39, 0.29) is 12.2 Å². The highest BCUT2D eigenvalue weighted by Crippen LogP contribution is 2.02. The molecule has 3 heteroatoms. The lowest BCUT2D eigenvalue weighted by Crippen LogP contribution is -1.99. The van der Waals surface area contributed by atoms with Crippen molar-refractivity contribution in [2.45, 2.75) is 6.42 Å². The van der Waals surface area contributed by atoms with Crippen LogP contribution in [0.15, 0.2) is 24.3 Å². The largest absolute Gasteiger partial charge is 0.481 e. The fourth-order valence-corrected chi connectivity index (χ4v) is 0.769. The summed E-state index contributed by atoms with van der Waals surface area (Å²) in [6.45, 7) is 0. The predicted octanol–water partition coefficient (Wildman–Crippen LogP) is 1.45. The average molecular weight is 155 g/mol. The van der Waals surface area contributed by atoms with E-state index < -0.39 is 5.97 Å². The molecule has 11 heavy (non-hydrogen) atoms. The fraction of sp³-hybridized carbons (Fsp3) is 0.125. The topological polar surface area (TPSA) is 37.3 Å². The summed E-state index contributed by atoms with van der Waals surface area (Å²) in [5, 5.41) is 3.70. The zero-order chi connectivity index (χ0) is 8.97. The number of hydrogen-bond acceptors (Lipinski definition) is 2. The zero-order valence-corrected chi connectivity index (χ0v) is 5.71. The van der Waals surface area contributed by atoms with Crippen LogP contribution in [0.2, 0.25) is 0 Å². The van der Waals surface area contributed by atoms with Crippen LogP contribution in [0.3, 0.4) is 0 Å². The van der Waals surface area contributed by atoms with Gasteiger partial charge in [0, 0.05) is 0 Å². The number of halogens is 1. The van der Waals surface area contributed by atoms with Crippen molar-refractivity contribution in [1.29, 1.82) is 1.43 Å². The molecule has 0 amide bonds. The summed E-state index contributed by atoms with van der Waals surface area (Å²) in [5.74, 6) is -1.00. The molecule has 0 fully saturated rings. The Bertz CT molecular complexity index is 271. The van der Waals surface area contributed by atoms with Crippen LogP contribution in [-0.2, 0) is 11.2 Å². The molecule has 0 aliphatic rings. The molecular weight excluding hydrogens is 147 g/mol. The first-order valence-electron chi connectivity index (χ1n) is 3.53. The normalized spacial score (nSPS) is 10.5. The van der Waals surface area contributed by atoms with E-state index in [1.807, 2.05) is 0 Å². The first-order chi connectivity index (χ1) is 5.72. The van der Waals surface area contributed by atoms with Gasteiger partial charge in [-0.3, -0.25) is 4.79 Å². The van der Waals surface area contributed by atoms with E-state index in [0.717, 1.165) is 0 Å². The molecule has 2 nitrogen and oxygen atoms in total. The minimum Gasteiger partial charge on any atom is -0.481 e. The van der Waals surface area contributed by atoms with Crippen molar-refractivity contribution >= 4 is 5.97 Å². The summed E-state index contributed by atoms with van der Waals surface area (Å²) < 4.78 is 18.6. The molecule has 0 saturated heterocycles. The molecule has 0 bridgehead atoms. The quantitative estimate of drug-likeness (QED) is 0.701. The first kappa shape index (κ1) is 6.34. The Hall–Kier alpha value is -1.38. The highest BCUT2D eigenvalue weighted by atomic mass is 19.1. The number of hydrogen-bond donors (Lipinski definition) is 1. The fourth-order valence-electron chi connectivity index (χ4n) is 0.769. The van der Waals surface area contributed by atoms with Crippen LogP contribution in [0, 0.1) is 5.82 Å². The van der Waals surface area contributed by atoms with Gasteiger partial charge in [0.1, 0.15) is 5.82 Å². The predicted molar refractivity (Wildman–Crippen MR) is 37.7 cm³/mol. The molecule has 0 unspecified atom stereocenters. The van der Waals surface area contributed by atoms with Gasteiger partial charge in [-0.1, -0.05) is 12.1 Å². The standard InChI is InChI=1S/C8H7FO2/c9-7-3-1-6(2-4-7)5-8(10)11/h1-4H,5H2,(H,10,11)/i/hD. The number of benzene rings is 1. The highest BCUT2D eigenvalue weighted by Gasteiger charge is 1.98. The van der Waals surface area contributed by atoms with Crippen LogP contribution < -0.4 is 0 Å². The SMILES string of the molecule is [2H]OC(=O)Cc1ccc(F)cc1. The molecule has 0 aliphatic carbocycles. The van der Waals surface area contributed by atoms with E-state index in [1.165, 1.54) is 24.3 Å². The zero-order valence-electron chi connectivity index (χ0n) is 6.71. The van der Waals surface area contributed by atoms with Gasteiger partial charge in [0.15, 0.2) is 0 Å². The average Bonchev–Trinajstić information content (AvgIpc) is 2.09. The van der Waals surface area contributed by atoms with Crippen LogP contribution in [-0.4, -0.2) is 11.1 Å². The molecule has 0 aliphatic heterocycles. The maximum Gasteiger partial charge on any atom is 0.307 e. The molecule has 58 valence electrons. The maximum absolute atomic E-state index is 12.4. The van der Waals surface area contributed by atoms with E-state index in [4.69, 9.17) is 1.43 Å². The molecule has 1 aromatic rings. The summed E-state index contributed by atoms with van der Waals surface area (Å²) >= 11 is 0. The lowest BCUT2D eigenvalue weighted by atomic mass is 10.1. The Balaban J connectivity index is 2.64. The third-order valence-electron chi connectivity index (χ3n) is 1.26. The number of aliphatic carboxylic acids is 1. The maximum atomic E-state index is 12.4. The van der Waals surface area contributed by atoms with Gasteiger partial charge in [-0.2, -0.15) is 0 Å². The molecule has 0 saturated carbocycles. The van der Waals surface area contributed by atoms with E-state index in [1.54, 1.807) is 0 Å². The third-order valence-corrected chi connectivity index (χ3v) is 1.26. The number of carbonyl (C=O) groups is 1. The number of carboxylic acids is 1. The summed E-state index contributed by atoms with van der Waals surface area (Å²) in [6.07, 6.45) is 0.00375. The van der Waals surface area contributed by atoms with Gasteiger partial charge in [-0.25, -0.2) is 4.39 Å². The number of rotatable bonds is 2. The van der Waals surface area contributed by atoms with Gasteiger partial charge in [0.25, 0.3) is 1.43 Å². The Labute approximate surface area is 64.8 Å². The molecule has 0 spiro atoms. The van der Waals surface area contributed by atoms with Gasteiger partial charge in [0.05, 0.1) is 6.42 Å². The van der Waals surface area contributed by atoms with Crippen molar-refractivity contribution in [3.63, 3.8) is 0 Å². The number of carboxylic acid groups (broad SMARTS) is 1. The summed E-state index contributed by atoms with van der Waals surface area (Å²) in [5.41, 5.74) is 0.633. The van der Waals surface area contributed by atoms with Crippen LogP contribution >= 0.6 is 0 Å². The van der Waals surface area contributed by atoms with Gasteiger partial charge >= 0.3 is 5.97 Å². The summed E-state index contributed by atoms with van der Waals surface area (Å²) in [7, 11) is 0. The second-order valence-electron chi connectivity index (χ2n) is 2.18. The van der Waals surface area contributed by atoms with Gasteiger partial charge in [-0.15, -0.1) is 0 Å². The van der Waals surface area contributed by atoms with Crippen molar-refractivity contribution in [2.75, 3.05) is 0 Å². The van der Waals surface area contributed by atoms with Crippen molar-refractivity contribution in [3.05, 3.63) is 35.6 Å². The van der Waals surface area contributed by atoms with Crippen LogP contribution in [0.4, 0.5) is 4.39 Å². The smallest absolute Gasteiger partial charge is 0.307 e. The van der Waals surface area contributed by atoms with Crippen molar-refractivity contribution in [2.24, 2.45) is 0 Å². The lowest BCUT2D eigenvalue weighted by molar-refractivity contribution is -0.136. The Morgan fingerprint density at radius 1 is 1.55 bits per heavy atom. The Morgan fingerprint density at radius 3 is 2.73 bits per heavy atom. The Kier molecular flexibility index (Phi) is 1.81. The van der Waals surface area contributed by atoms with E-state index in [2.05, 4.69) is 5.11 Å². The van der Waals surface area contributed by atoms with Gasteiger partial charge in [-0.05, 0) is 17.7 Å². The van der Waals surface area contributed by atoms with Gasteiger partial charge < -0.3 is 5.11 Å². The van der Waals surface area contributed by atoms with Crippen molar-refractivity contribution in [1.82, 2.24) is 0 Å². The second kappa shape index (κ2) is 3.14. The van der Waals surface area contributed by atoms with Crippen molar-refractivity contribution < 1.29 is 14.3 Å². The Morgan fingerprint density at radius 2 is 2.18 bits per heavy atom. The molecule has 1 rings (SSSR count). The summed E-state index contributed by atoms with van der Waals surface area (Å²) in [4.78, 5) is 10.6. The van der Waals surface area contributed by atoms with Crippen LogP contribution in [0.25, 0.3) is 1.43 Å². The monoisotopic (exact) mass is 155 g/mol. The van der Waals surface area contributed by atoms with E-state index >= 15 is 0 Å². The van der Waals surface area contributed by atoms with E-state index in [0.29, 0.717) is 5.56 Å². The molecule has 1 N–H and O–H groups in total. The molecular formula is C8H7FO2. The van der Waals surface area contributed by atoms with Crippen LogP contribution in [0.5, 0.6) is 0 Å². The van der Waals surface area contributed by atoms with Crippen LogP contribution in [0.1, 0.15) is 5.56 Å². The highest BCUT2D eigenvalue weighted by molar-refractivity contribution is 5.70. The minimum absolute atomic E-state index is 0.00375. The van der Waals surface area contributed by atoms with E-state index in [9.17, 15) is 9.18 Å².